The van der Waals surface area contributed by atoms with Crippen LogP contribution in [0.3, 0.4) is 0 Å². The number of fused-ring (bicyclic) bond motifs is 1. The van der Waals surface area contributed by atoms with E-state index in [1.54, 1.807) is 11.6 Å². The topological polar surface area (TPSA) is 91.7 Å². The Bertz CT molecular complexity index is 951. The minimum atomic E-state index is -0.193. The summed E-state index contributed by atoms with van der Waals surface area (Å²) in [5, 5.41) is 6.59. The number of aryl methyl sites for hydroxylation is 1. The van der Waals surface area contributed by atoms with Gasteiger partial charge in [0.1, 0.15) is 11.5 Å². The summed E-state index contributed by atoms with van der Waals surface area (Å²) in [6.07, 6.45) is 3.59. The van der Waals surface area contributed by atoms with Crippen LogP contribution in [-0.4, -0.2) is 48.2 Å². The fourth-order valence-electron chi connectivity index (χ4n) is 3.50. The van der Waals surface area contributed by atoms with Crippen molar-refractivity contribution >= 4 is 16.9 Å². The number of nitrogens with zero attached hydrogens (tertiary/aromatic N) is 4. The van der Waals surface area contributed by atoms with Crippen LogP contribution in [0.15, 0.2) is 23.1 Å². The molecule has 3 aromatic rings. The monoisotopic (exact) mass is 328 g/mol. The first-order valence-corrected chi connectivity index (χ1v) is 8.09. The van der Waals surface area contributed by atoms with Crippen molar-refractivity contribution in [3.05, 3.63) is 40.3 Å². The highest BCUT2D eigenvalue weighted by Crippen LogP contribution is 2.27. The second kappa shape index (κ2) is 5.40. The summed E-state index contributed by atoms with van der Waals surface area (Å²) < 4.78 is 3.55. The lowest BCUT2D eigenvalue weighted by Gasteiger charge is -2.31. The molecular weight excluding hydrogens is 308 g/mol. The molecule has 1 saturated heterocycles. The summed E-state index contributed by atoms with van der Waals surface area (Å²) in [5.74, 6) is 1.01. The minimum Gasteiger partial charge on any atom is -0.349 e. The zero-order chi connectivity index (χ0) is 16.8. The fraction of sp³-hybridized carbons (Fsp3) is 0.438. The Balaban J connectivity index is 1.48. The number of amides is 1. The van der Waals surface area contributed by atoms with Gasteiger partial charge in [0.05, 0.1) is 11.0 Å². The summed E-state index contributed by atoms with van der Waals surface area (Å²) in [5.41, 5.74) is 2.44. The highest BCUT2D eigenvalue weighted by atomic mass is 16.2. The summed E-state index contributed by atoms with van der Waals surface area (Å²) >= 11 is 0. The molecule has 0 aliphatic carbocycles. The lowest BCUT2D eigenvalue weighted by atomic mass is 9.96. The van der Waals surface area contributed by atoms with E-state index in [2.05, 4.69) is 15.2 Å². The smallest absolute Gasteiger partial charge is 0.343 e. The Labute approximate surface area is 138 Å². The van der Waals surface area contributed by atoms with E-state index in [0.29, 0.717) is 18.8 Å². The first-order chi connectivity index (χ1) is 11.5. The van der Waals surface area contributed by atoms with Crippen LogP contribution in [0.1, 0.15) is 35.1 Å². The van der Waals surface area contributed by atoms with Gasteiger partial charge in [-0.05, 0) is 25.0 Å². The molecule has 4 rings (SSSR count). The molecule has 8 nitrogen and oxygen atoms in total. The molecule has 0 spiro atoms. The number of H-pyrrole nitrogens is 2. The third-order valence-electron chi connectivity index (χ3n) is 4.96. The van der Waals surface area contributed by atoms with Crippen LogP contribution in [0.4, 0.5) is 0 Å². The summed E-state index contributed by atoms with van der Waals surface area (Å²) in [7, 11) is 3.69. The molecule has 0 radical (unpaired) electrons. The molecule has 0 aromatic carbocycles. The summed E-state index contributed by atoms with van der Waals surface area (Å²) in [6, 6.07) is 3.87. The standard InChI is InChI=1S/C16H20N6O2/c1-20-6-5-11-13(20)9-12(17-11)15(23)22-7-3-10(4-8-22)14-18-19-16(24)21(14)2/h5-6,9-10,17H,3-4,7-8H2,1-2H3,(H,19,24). The number of hydrogen-bond acceptors (Lipinski definition) is 3. The normalized spacial score (nSPS) is 16.2. The molecule has 0 saturated carbocycles. The molecular formula is C16H20N6O2. The van der Waals surface area contributed by atoms with Gasteiger partial charge in [-0.15, -0.1) is 0 Å². The predicted octanol–water partition coefficient (Wildman–Crippen LogP) is 0.948. The van der Waals surface area contributed by atoms with E-state index in [1.807, 2.05) is 34.8 Å². The SMILES string of the molecule is Cn1c(C2CCN(C(=O)c3cc4c(ccn4C)[nH]3)CC2)n[nH]c1=O. The molecule has 1 fully saturated rings. The number of aromatic amines is 2. The van der Waals surface area contributed by atoms with Crippen LogP contribution in [-0.2, 0) is 14.1 Å². The molecule has 126 valence electrons. The van der Waals surface area contributed by atoms with E-state index < -0.39 is 0 Å². The van der Waals surface area contributed by atoms with Crippen molar-refractivity contribution in [2.24, 2.45) is 14.1 Å². The Morgan fingerprint density at radius 2 is 2.04 bits per heavy atom. The van der Waals surface area contributed by atoms with Gasteiger partial charge in [0.2, 0.25) is 0 Å². The van der Waals surface area contributed by atoms with Crippen LogP contribution in [0.5, 0.6) is 0 Å². The van der Waals surface area contributed by atoms with E-state index in [4.69, 9.17) is 0 Å². The third-order valence-corrected chi connectivity index (χ3v) is 4.96. The number of piperidine rings is 1. The minimum absolute atomic E-state index is 0.0283. The van der Waals surface area contributed by atoms with Crippen LogP contribution in [0, 0.1) is 0 Å². The first kappa shape index (κ1) is 14.8. The van der Waals surface area contributed by atoms with Crippen LogP contribution >= 0.6 is 0 Å². The lowest BCUT2D eigenvalue weighted by Crippen LogP contribution is -2.38. The van der Waals surface area contributed by atoms with Gasteiger partial charge in [0.25, 0.3) is 5.91 Å². The van der Waals surface area contributed by atoms with E-state index in [0.717, 1.165) is 29.7 Å². The van der Waals surface area contributed by atoms with Crippen molar-refractivity contribution < 1.29 is 4.79 Å². The Kier molecular flexibility index (Phi) is 3.33. The molecule has 0 unspecified atom stereocenters. The molecule has 4 heterocycles. The van der Waals surface area contributed by atoms with Gasteiger partial charge < -0.3 is 14.5 Å². The molecule has 1 aliphatic rings. The number of rotatable bonds is 2. The number of likely N-dealkylation sites (tertiary alicyclic amines) is 1. The number of carbonyl (C=O) groups is 1. The average Bonchev–Trinajstić information content (AvgIpc) is 3.25. The van der Waals surface area contributed by atoms with Crippen molar-refractivity contribution in [3.8, 4) is 0 Å². The van der Waals surface area contributed by atoms with Crippen molar-refractivity contribution in [1.29, 1.82) is 0 Å². The van der Waals surface area contributed by atoms with E-state index in [9.17, 15) is 9.59 Å². The number of hydrogen-bond donors (Lipinski definition) is 2. The predicted molar refractivity (Wildman–Crippen MR) is 89.0 cm³/mol. The zero-order valence-electron chi connectivity index (χ0n) is 13.7. The van der Waals surface area contributed by atoms with Gasteiger partial charge in [-0.25, -0.2) is 9.89 Å². The van der Waals surface area contributed by atoms with Gasteiger partial charge in [0.15, 0.2) is 0 Å². The van der Waals surface area contributed by atoms with Crippen molar-refractivity contribution in [2.45, 2.75) is 18.8 Å². The zero-order valence-corrected chi connectivity index (χ0v) is 13.7. The Morgan fingerprint density at radius 1 is 1.29 bits per heavy atom. The molecule has 2 N–H and O–H groups in total. The van der Waals surface area contributed by atoms with Crippen molar-refractivity contribution in [3.63, 3.8) is 0 Å². The van der Waals surface area contributed by atoms with Crippen molar-refractivity contribution in [1.82, 2.24) is 29.2 Å². The number of nitrogens with one attached hydrogen (secondary N) is 2. The van der Waals surface area contributed by atoms with E-state index in [1.165, 1.54) is 0 Å². The van der Waals surface area contributed by atoms with Crippen LogP contribution in [0.2, 0.25) is 0 Å². The van der Waals surface area contributed by atoms with Gasteiger partial charge in [-0.1, -0.05) is 0 Å². The van der Waals surface area contributed by atoms with Gasteiger partial charge in [0, 0.05) is 39.3 Å². The summed E-state index contributed by atoms with van der Waals surface area (Å²) in [4.78, 5) is 29.3. The average molecular weight is 328 g/mol. The third kappa shape index (κ3) is 2.26. The van der Waals surface area contributed by atoms with E-state index >= 15 is 0 Å². The Morgan fingerprint density at radius 3 is 2.67 bits per heavy atom. The fourth-order valence-corrected chi connectivity index (χ4v) is 3.50. The molecule has 1 amide bonds. The highest BCUT2D eigenvalue weighted by molar-refractivity contribution is 5.97. The van der Waals surface area contributed by atoms with Crippen molar-refractivity contribution in [2.75, 3.05) is 13.1 Å². The van der Waals surface area contributed by atoms with Gasteiger partial charge in [-0.3, -0.25) is 9.36 Å². The summed E-state index contributed by atoms with van der Waals surface area (Å²) in [6.45, 7) is 1.33. The highest BCUT2D eigenvalue weighted by Gasteiger charge is 2.28. The molecule has 3 aromatic heterocycles. The molecule has 8 heteroatoms. The molecule has 24 heavy (non-hydrogen) atoms. The maximum atomic E-state index is 12.7. The maximum absolute atomic E-state index is 12.7. The van der Waals surface area contributed by atoms with Gasteiger partial charge in [-0.2, -0.15) is 5.10 Å². The van der Waals surface area contributed by atoms with Crippen LogP contribution in [0.25, 0.3) is 11.0 Å². The second-order valence-electron chi connectivity index (χ2n) is 6.42. The second-order valence-corrected chi connectivity index (χ2v) is 6.42. The maximum Gasteiger partial charge on any atom is 0.343 e. The van der Waals surface area contributed by atoms with E-state index in [-0.39, 0.29) is 17.5 Å². The van der Waals surface area contributed by atoms with Crippen LogP contribution < -0.4 is 5.69 Å². The molecule has 1 aliphatic heterocycles. The number of aromatic nitrogens is 5. The van der Waals surface area contributed by atoms with Gasteiger partial charge >= 0.3 is 5.69 Å². The molecule has 0 bridgehead atoms. The Hall–Kier alpha value is -2.77. The molecule has 0 atom stereocenters. The quantitative estimate of drug-likeness (QED) is 0.733. The number of carbonyl (C=O) groups excluding carboxylic acids is 1. The lowest BCUT2D eigenvalue weighted by molar-refractivity contribution is 0.0705. The largest absolute Gasteiger partial charge is 0.349 e. The first-order valence-electron chi connectivity index (χ1n) is 8.09.